The molecule has 3 nitrogen and oxygen atoms in total. The molecule has 3 heteroatoms. The van der Waals surface area contributed by atoms with Crippen LogP contribution in [0.5, 0.6) is 0 Å². The summed E-state index contributed by atoms with van der Waals surface area (Å²) in [4.78, 5) is 24.6. The quantitative estimate of drug-likeness (QED) is 0.114. The number of hydrogen-bond acceptors (Lipinski definition) is 2. The molecule has 2 rings (SSSR count). The molecular weight excluding hydrogens is 442 g/mol. The van der Waals surface area contributed by atoms with E-state index in [9.17, 15) is 9.59 Å². The number of benzene rings is 2. The van der Waals surface area contributed by atoms with E-state index in [0.717, 1.165) is 24.1 Å². The highest BCUT2D eigenvalue weighted by Crippen LogP contribution is 2.15. The fraction of sp³-hybridized carbons (Fsp3) is 0.515. The molecule has 0 radical (unpaired) electrons. The van der Waals surface area contributed by atoms with E-state index < -0.39 is 0 Å². The molecule has 1 N–H and O–H groups in total. The fourth-order valence-electron chi connectivity index (χ4n) is 4.43. The summed E-state index contributed by atoms with van der Waals surface area (Å²) in [6.07, 6.45) is 23.8. The number of amides is 1. The smallest absolute Gasteiger partial charge is 0.224 e. The number of ketones is 1. The van der Waals surface area contributed by atoms with E-state index in [2.05, 4.69) is 12.2 Å². The fourth-order valence-corrected chi connectivity index (χ4v) is 4.43. The molecule has 2 aromatic rings. The summed E-state index contributed by atoms with van der Waals surface area (Å²) in [7, 11) is 0. The Morgan fingerprint density at radius 1 is 0.639 bits per heavy atom. The second kappa shape index (κ2) is 19.5. The average molecular weight is 490 g/mol. The summed E-state index contributed by atoms with van der Waals surface area (Å²) in [5, 5.41) is 2.95. The summed E-state index contributed by atoms with van der Waals surface area (Å²) in [5.41, 5.74) is 2.35. The van der Waals surface area contributed by atoms with Crippen LogP contribution in [0.4, 0.5) is 5.69 Å². The van der Waals surface area contributed by atoms with Crippen LogP contribution in [0.25, 0.3) is 6.08 Å². The van der Waals surface area contributed by atoms with Crippen molar-refractivity contribution in [3.05, 3.63) is 71.8 Å². The first-order valence-corrected chi connectivity index (χ1v) is 14.4. The van der Waals surface area contributed by atoms with Crippen LogP contribution in [-0.4, -0.2) is 11.7 Å². The van der Waals surface area contributed by atoms with Crippen molar-refractivity contribution < 1.29 is 9.59 Å². The number of anilines is 1. The van der Waals surface area contributed by atoms with Gasteiger partial charge in [-0.25, -0.2) is 0 Å². The van der Waals surface area contributed by atoms with Gasteiger partial charge in [0.15, 0.2) is 5.78 Å². The van der Waals surface area contributed by atoms with E-state index >= 15 is 0 Å². The van der Waals surface area contributed by atoms with Gasteiger partial charge in [-0.3, -0.25) is 9.59 Å². The first-order valence-electron chi connectivity index (χ1n) is 14.4. The minimum absolute atomic E-state index is 0.0467. The van der Waals surface area contributed by atoms with Crippen molar-refractivity contribution in [2.45, 2.75) is 110 Å². The van der Waals surface area contributed by atoms with Gasteiger partial charge in [0.2, 0.25) is 5.91 Å². The Hall–Kier alpha value is -2.68. The predicted octanol–water partition coefficient (Wildman–Crippen LogP) is 9.78. The standard InChI is InChI=1S/C33H47NO2/c1-2-3-4-5-6-7-8-9-10-11-12-13-14-15-19-22-33(36)34-31-26-24-30(25-27-31)32(35)28-23-29-20-17-16-18-21-29/h16-18,20-21,23-28H,2-15,19,22H2,1H3,(H,34,36). The van der Waals surface area contributed by atoms with Gasteiger partial charge in [0.05, 0.1) is 0 Å². The highest BCUT2D eigenvalue weighted by Gasteiger charge is 2.05. The molecule has 196 valence electrons. The van der Waals surface area contributed by atoms with E-state index in [4.69, 9.17) is 0 Å². The van der Waals surface area contributed by atoms with Gasteiger partial charge in [-0.05, 0) is 42.3 Å². The zero-order valence-electron chi connectivity index (χ0n) is 22.5. The summed E-state index contributed by atoms with van der Waals surface area (Å²) >= 11 is 0. The maximum absolute atomic E-state index is 12.3. The molecule has 0 fully saturated rings. The number of rotatable bonds is 20. The molecule has 0 aliphatic heterocycles. The largest absolute Gasteiger partial charge is 0.326 e. The lowest BCUT2D eigenvalue weighted by Gasteiger charge is -2.06. The maximum Gasteiger partial charge on any atom is 0.224 e. The second-order valence-electron chi connectivity index (χ2n) is 9.93. The molecule has 0 aliphatic carbocycles. The zero-order valence-corrected chi connectivity index (χ0v) is 22.5. The minimum atomic E-state index is -0.0467. The lowest BCUT2D eigenvalue weighted by atomic mass is 10.0. The minimum Gasteiger partial charge on any atom is -0.326 e. The van der Waals surface area contributed by atoms with Crippen molar-refractivity contribution in [2.75, 3.05) is 5.32 Å². The first kappa shape index (κ1) is 29.5. The van der Waals surface area contributed by atoms with Crippen LogP contribution >= 0.6 is 0 Å². The number of carbonyl (C=O) groups is 2. The molecule has 0 spiro atoms. The van der Waals surface area contributed by atoms with Crippen molar-refractivity contribution in [3.8, 4) is 0 Å². The molecule has 0 saturated carbocycles. The molecule has 0 aliphatic rings. The van der Waals surface area contributed by atoms with Crippen LogP contribution in [0, 0.1) is 0 Å². The molecule has 0 atom stereocenters. The van der Waals surface area contributed by atoms with Gasteiger partial charge in [-0.15, -0.1) is 0 Å². The molecule has 0 heterocycles. The van der Waals surface area contributed by atoms with Crippen molar-refractivity contribution in [2.24, 2.45) is 0 Å². The summed E-state index contributed by atoms with van der Waals surface area (Å²) < 4.78 is 0. The Bertz CT molecular complexity index is 870. The van der Waals surface area contributed by atoms with E-state index in [-0.39, 0.29) is 11.7 Å². The Morgan fingerprint density at radius 3 is 1.67 bits per heavy atom. The van der Waals surface area contributed by atoms with Gasteiger partial charge in [-0.1, -0.05) is 133 Å². The number of unbranched alkanes of at least 4 members (excludes halogenated alkanes) is 14. The van der Waals surface area contributed by atoms with Crippen LogP contribution < -0.4 is 5.32 Å². The lowest BCUT2D eigenvalue weighted by Crippen LogP contribution is -2.11. The lowest BCUT2D eigenvalue weighted by molar-refractivity contribution is -0.116. The van der Waals surface area contributed by atoms with Crippen LogP contribution in [0.3, 0.4) is 0 Å². The molecule has 2 aromatic carbocycles. The molecule has 1 amide bonds. The third kappa shape index (κ3) is 14.0. The van der Waals surface area contributed by atoms with E-state index in [1.54, 1.807) is 30.3 Å². The van der Waals surface area contributed by atoms with Gasteiger partial charge in [0, 0.05) is 17.7 Å². The van der Waals surface area contributed by atoms with E-state index in [1.165, 1.54) is 83.5 Å². The average Bonchev–Trinajstić information content (AvgIpc) is 2.90. The zero-order chi connectivity index (χ0) is 25.7. The number of allylic oxidation sites excluding steroid dienone is 1. The van der Waals surface area contributed by atoms with E-state index in [1.807, 2.05) is 36.4 Å². The maximum atomic E-state index is 12.3. The van der Waals surface area contributed by atoms with Gasteiger partial charge < -0.3 is 5.32 Å². The van der Waals surface area contributed by atoms with Crippen LogP contribution in [0.2, 0.25) is 0 Å². The van der Waals surface area contributed by atoms with Crippen molar-refractivity contribution in [1.82, 2.24) is 0 Å². The summed E-state index contributed by atoms with van der Waals surface area (Å²) in [6.45, 7) is 2.27. The molecule has 0 aromatic heterocycles. The Balaban J connectivity index is 1.47. The van der Waals surface area contributed by atoms with Crippen molar-refractivity contribution in [3.63, 3.8) is 0 Å². The molecule has 36 heavy (non-hydrogen) atoms. The second-order valence-corrected chi connectivity index (χ2v) is 9.93. The number of carbonyl (C=O) groups excluding carboxylic acids is 2. The van der Waals surface area contributed by atoms with E-state index in [0.29, 0.717) is 12.0 Å². The summed E-state index contributed by atoms with van der Waals surface area (Å²) in [5.74, 6) is 0.00211. The first-order chi connectivity index (χ1) is 17.7. The molecule has 0 unspecified atom stereocenters. The van der Waals surface area contributed by atoms with Gasteiger partial charge >= 0.3 is 0 Å². The summed E-state index contributed by atoms with van der Waals surface area (Å²) in [6, 6.07) is 16.9. The molecule has 0 saturated heterocycles. The molecular formula is C33H47NO2. The predicted molar refractivity (Wildman–Crippen MR) is 154 cm³/mol. The number of hydrogen-bond donors (Lipinski definition) is 1. The van der Waals surface area contributed by atoms with Gasteiger partial charge in [0.1, 0.15) is 0 Å². The van der Waals surface area contributed by atoms with Gasteiger partial charge in [-0.2, -0.15) is 0 Å². The Morgan fingerprint density at radius 2 is 1.14 bits per heavy atom. The highest BCUT2D eigenvalue weighted by molar-refractivity contribution is 6.07. The van der Waals surface area contributed by atoms with Crippen molar-refractivity contribution in [1.29, 1.82) is 0 Å². The van der Waals surface area contributed by atoms with Crippen molar-refractivity contribution >= 4 is 23.5 Å². The Kier molecular flexibility index (Phi) is 16.0. The topological polar surface area (TPSA) is 46.2 Å². The normalized spacial score (nSPS) is 11.1. The molecule has 0 bridgehead atoms. The van der Waals surface area contributed by atoms with Crippen LogP contribution in [-0.2, 0) is 4.79 Å². The van der Waals surface area contributed by atoms with Gasteiger partial charge in [0.25, 0.3) is 0 Å². The van der Waals surface area contributed by atoms with Crippen LogP contribution in [0.1, 0.15) is 126 Å². The third-order valence-electron chi connectivity index (χ3n) is 6.69. The monoisotopic (exact) mass is 489 g/mol. The SMILES string of the molecule is CCCCCCCCCCCCCCCCCC(=O)Nc1ccc(C(=O)C=Cc2ccccc2)cc1. The third-order valence-corrected chi connectivity index (χ3v) is 6.69. The van der Waals surface area contributed by atoms with Crippen LogP contribution in [0.15, 0.2) is 60.7 Å². The highest BCUT2D eigenvalue weighted by atomic mass is 16.1. The number of nitrogens with one attached hydrogen (secondary N) is 1. The Labute approximate surface area is 219 Å².